The predicted octanol–water partition coefficient (Wildman–Crippen LogP) is 4.07. The molecule has 0 aliphatic rings. The van der Waals surface area contributed by atoms with Crippen LogP contribution >= 0.6 is 15.9 Å². The molecule has 1 aromatic heterocycles. The van der Waals surface area contributed by atoms with Gasteiger partial charge in [0, 0.05) is 0 Å². The summed E-state index contributed by atoms with van der Waals surface area (Å²) in [5.74, 6) is -0.730. The number of nitrogens with zero attached hydrogens (tertiary/aromatic N) is 2. The van der Waals surface area contributed by atoms with Crippen LogP contribution in [0.3, 0.4) is 0 Å². The summed E-state index contributed by atoms with van der Waals surface area (Å²) in [5, 5.41) is 0. The number of sulfonamides is 1. The fraction of sp³-hybridized carbons (Fsp3) is 0.111. The van der Waals surface area contributed by atoms with E-state index in [-0.39, 0.29) is 23.2 Å². The smallest absolute Gasteiger partial charge is 0.263 e. The van der Waals surface area contributed by atoms with Crippen molar-refractivity contribution >= 4 is 31.8 Å². The van der Waals surface area contributed by atoms with Gasteiger partial charge in [-0.05, 0) is 46.1 Å². The highest BCUT2D eigenvalue weighted by molar-refractivity contribution is 9.10. The molecule has 0 aliphatic heterocycles. The fourth-order valence-corrected chi connectivity index (χ4v) is 3.82. The van der Waals surface area contributed by atoms with Crippen LogP contribution in [0.2, 0.25) is 0 Å². The lowest BCUT2D eigenvalue weighted by atomic mass is 10.2. The Morgan fingerprint density at radius 2 is 1.93 bits per heavy atom. The van der Waals surface area contributed by atoms with Gasteiger partial charge in [0.05, 0.1) is 11.1 Å². The van der Waals surface area contributed by atoms with E-state index in [1.165, 1.54) is 18.3 Å². The van der Waals surface area contributed by atoms with E-state index in [9.17, 15) is 12.8 Å². The van der Waals surface area contributed by atoms with Crippen molar-refractivity contribution in [1.29, 1.82) is 0 Å². The van der Waals surface area contributed by atoms with Gasteiger partial charge >= 0.3 is 0 Å². The van der Waals surface area contributed by atoms with Gasteiger partial charge in [-0.1, -0.05) is 36.4 Å². The highest BCUT2D eigenvalue weighted by atomic mass is 79.9. The first-order valence-electron chi connectivity index (χ1n) is 7.83. The number of hydrogen-bond acceptors (Lipinski definition) is 5. The number of aromatic nitrogens is 2. The Morgan fingerprint density at radius 3 is 2.67 bits per heavy atom. The zero-order chi connectivity index (χ0) is 19.4. The molecular weight excluding hydrogens is 437 g/mol. The van der Waals surface area contributed by atoms with E-state index < -0.39 is 15.8 Å². The number of nitrogens with one attached hydrogen (secondary N) is 1. The molecule has 0 unspecified atom stereocenters. The molecule has 3 rings (SSSR count). The van der Waals surface area contributed by atoms with Crippen molar-refractivity contribution in [2.24, 2.45) is 0 Å². The van der Waals surface area contributed by atoms with Crippen LogP contribution < -0.4 is 9.46 Å². The van der Waals surface area contributed by atoms with Gasteiger partial charge in [-0.25, -0.2) is 22.8 Å². The summed E-state index contributed by atoms with van der Waals surface area (Å²) >= 11 is 3.19. The van der Waals surface area contributed by atoms with Gasteiger partial charge < -0.3 is 4.74 Å². The Balaban J connectivity index is 1.89. The monoisotopic (exact) mass is 451 g/mol. The van der Waals surface area contributed by atoms with Gasteiger partial charge in [0.1, 0.15) is 17.0 Å². The minimum Gasteiger partial charge on any atom is -0.470 e. The Hall–Kier alpha value is -2.52. The summed E-state index contributed by atoms with van der Waals surface area (Å²) < 4.78 is 47.2. The zero-order valence-electron chi connectivity index (χ0n) is 14.2. The van der Waals surface area contributed by atoms with Crippen molar-refractivity contribution in [2.75, 3.05) is 4.72 Å². The number of halogens is 2. The molecular formula is C18H15BrFN3O3S. The number of benzene rings is 2. The van der Waals surface area contributed by atoms with Crippen LogP contribution in [0.1, 0.15) is 11.1 Å². The third-order valence-corrected chi connectivity index (χ3v) is 5.46. The van der Waals surface area contributed by atoms with Crippen molar-refractivity contribution in [3.05, 3.63) is 76.3 Å². The lowest BCUT2D eigenvalue weighted by Crippen LogP contribution is -2.17. The van der Waals surface area contributed by atoms with E-state index in [0.29, 0.717) is 10.2 Å². The molecule has 0 saturated carbocycles. The molecule has 0 radical (unpaired) electrons. The lowest BCUT2D eigenvalue weighted by Gasteiger charge is -2.13. The average molecular weight is 452 g/mol. The summed E-state index contributed by atoms with van der Waals surface area (Å²) in [7, 11) is -4.07. The number of rotatable bonds is 6. The van der Waals surface area contributed by atoms with Crippen LogP contribution in [0.4, 0.5) is 10.2 Å². The molecule has 0 saturated heterocycles. The molecule has 0 bridgehead atoms. The standard InChI is InChI=1S/C18H15BrFN3O3S/c1-12-7-8-14(20)9-15(12)27(24,25)23-17-18(22-16(19)10-21-17)26-11-13-5-3-2-4-6-13/h2-10H,11H2,1H3,(H,21,23). The summed E-state index contributed by atoms with van der Waals surface area (Å²) in [6.45, 7) is 1.76. The molecule has 1 N–H and O–H groups in total. The number of aryl methyl sites for hydroxylation is 1. The number of hydrogen-bond donors (Lipinski definition) is 1. The molecule has 0 atom stereocenters. The lowest BCUT2D eigenvalue weighted by molar-refractivity contribution is 0.294. The molecule has 27 heavy (non-hydrogen) atoms. The molecule has 2 aromatic carbocycles. The topological polar surface area (TPSA) is 81.2 Å². The average Bonchev–Trinajstić information content (AvgIpc) is 2.64. The van der Waals surface area contributed by atoms with Crippen LogP contribution in [-0.2, 0) is 16.6 Å². The normalized spacial score (nSPS) is 11.2. The minimum absolute atomic E-state index is 0.00543. The first kappa shape index (κ1) is 19.2. The van der Waals surface area contributed by atoms with Crippen molar-refractivity contribution in [2.45, 2.75) is 18.4 Å². The first-order valence-corrected chi connectivity index (χ1v) is 10.1. The molecule has 140 valence electrons. The molecule has 0 aliphatic carbocycles. The van der Waals surface area contributed by atoms with Crippen molar-refractivity contribution in [3.8, 4) is 5.88 Å². The van der Waals surface area contributed by atoms with Gasteiger partial charge in [0.2, 0.25) is 5.82 Å². The highest BCUT2D eigenvalue weighted by Crippen LogP contribution is 2.26. The van der Waals surface area contributed by atoms with Crippen LogP contribution in [0.25, 0.3) is 0 Å². The van der Waals surface area contributed by atoms with Crippen molar-refractivity contribution in [3.63, 3.8) is 0 Å². The van der Waals surface area contributed by atoms with Gasteiger partial charge in [0.15, 0.2) is 0 Å². The third kappa shape index (κ3) is 4.81. The quantitative estimate of drug-likeness (QED) is 0.610. The largest absolute Gasteiger partial charge is 0.470 e. The highest BCUT2D eigenvalue weighted by Gasteiger charge is 2.21. The predicted molar refractivity (Wildman–Crippen MR) is 102 cm³/mol. The van der Waals surface area contributed by atoms with Gasteiger partial charge in [0.25, 0.3) is 15.9 Å². The first-order chi connectivity index (χ1) is 12.8. The SMILES string of the molecule is Cc1ccc(F)cc1S(=O)(=O)Nc1ncc(Br)nc1OCc1ccccc1. The molecule has 0 spiro atoms. The van der Waals surface area contributed by atoms with E-state index in [1.54, 1.807) is 6.92 Å². The Kier molecular flexibility index (Phi) is 5.71. The van der Waals surface area contributed by atoms with Gasteiger partial charge in [-0.2, -0.15) is 0 Å². The van der Waals surface area contributed by atoms with E-state index in [4.69, 9.17) is 4.74 Å². The Morgan fingerprint density at radius 1 is 1.19 bits per heavy atom. The molecule has 6 nitrogen and oxygen atoms in total. The van der Waals surface area contributed by atoms with Gasteiger partial charge in [-0.15, -0.1) is 0 Å². The molecule has 0 fully saturated rings. The van der Waals surface area contributed by atoms with Crippen LogP contribution in [-0.4, -0.2) is 18.4 Å². The third-order valence-electron chi connectivity index (χ3n) is 3.60. The van der Waals surface area contributed by atoms with Crippen LogP contribution in [0.15, 0.2) is 64.2 Å². The Labute approximate surface area is 164 Å². The van der Waals surface area contributed by atoms with Gasteiger partial charge in [-0.3, -0.25) is 4.72 Å². The summed E-state index contributed by atoms with van der Waals surface area (Å²) in [4.78, 5) is 7.99. The second kappa shape index (κ2) is 8.01. The summed E-state index contributed by atoms with van der Waals surface area (Å²) in [5.41, 5.74) is 1.29. The van der Waals surface area contributed by atoms with E-state index in [0.717, 1.165) is 11.6 Å². The van der Waals surface area contributed by atoms with Crippen molar-refractivity contribution < 1.29 is 17.5 Å². The van der Waals surface area contributed by atoms with Crippen LogP contribution in [0.5, 0.6) is 5.88 Å². The maximum Gasteiger partial charge on any atom is 0.263 e. The van der Waals surface area contributed by atoms with E-state index in [2.05, 4.69) is 30.6 Å². The maximum atomic E-state index is 13.5. The molecule has 9 heteroatoms. The van der Waals surface area contributed by atoms with E-state index in [1.807, 2.05) is 30.3 Å². The molecule has 0 amide bonds. The second-order valence-electron chi connectivity index (χ2n) is 5.64. The van der Waals surface area contributed by atoms with E-state index >= 15 is 0 Å². The Bertz CT molecular complexity index is 1060. The summed E-state index contributed by atoms with van der Waals surface area (Å²) in [6.07, 6.45) is 1.34. The zero-order valence-corrected chi connectivity index (χ0v) is 16.6. The summed E-state index contributed by atoms with van der Waals surface area (Å²) in [6, 6.07) is 12.9. The number of anilines is 1. The second-order valence-corrected chi connectivity index (χ2v) is 8.10. The fourth-order valence-electron chi connectivity index (χ4n) is 2.29. The maximum absolute atomic E-state index is 13.5. The molecule has 1 heterocycles. The number of ether oxygens (including phenoxy) is 1. The van der Waals surface area contributed by atoms with Crippen LogP contribution in [0, 0.1) is 12.7 Å². The molecule has 3 aromatic rings. The van der Waals surface area contributed by atoms with Crippen molar-refractivity contribution in [1.82, 2.24) is 9.97 Å². The minimum atomic E-state index is -4.07.